The fraction of sp³-hybridized carbons (Fsp3) is 0.0667. The van der Waals surface area contributed by atoms with Crippen molar-refractivity contribution in [1.29, 1.82) is 0 Å². The van der Waals surface area contributed by atoms with E-state index in [-0.39, 0.29) is 35.6 Å². The van der Waals surface area contributed by atoms with Crippen LogP contribution in [0, 0.1) is 0 Å². The molecular weight excluding hydrogens is 409 g/mol. The van der Waals surface area contributed by atoms with Crippen molar-refractivity contribution in [2.75, 3.05) is 0 Å². The number of carbonyl (C=O) groups excluding carboxylic acids is 1. The lowest BCUT2D eigenvalue weighted by molar-refractivity contribution is 0.0706. The number of tetrazole rings is 1. The number of halogens is 5. The summed E-state index contributed by atoms with van der Waals surface area (Å²) in [6.45, 7) is 0.104. The van der Waals surface area contributed by atoms with Crippen LogP contribution in [0.2, 0.25) is 0 Å². The molecule has 2 aromatic carbocycles. The molecule has 150 valence electrons. The number of nitrogens with zero attached hydrogens (tertiary/aromatic N) is 4. The van der Waals surface area contributed by atoms with Gasteiger partial charge in [0.15, 0.2) is 5.82 Å². The highest BCUT2D eigenvalue weighted by molar-refractivity contribution is 8.45. The van der Waals surface area contributed by atoms with E-state index in [4.69, 9.17) is 5.21 Å². The van der Waals surface area contributed by atoms with E-state index in [1.54, 1.807) is 12.1 Å². The molecule has 0 aliphatic rings. The van der Waals surface area contributed by atoms with Gasteiger partial charge in [-0.05, 0) is 52.4 Å². The summed E-state index contributed by atoms with van der Waals surface area (Å²) < 4.78 is 65.3. The zero-order chi connectivity index (χ0) is 20.6. The summed E-state index contributed by atoms with van der Waals surface area (Å²) in [5.74, 6) is -0.621. The summed E-state index contributed by atoms with van der Waals surface area (Å²) in [5, 5.41) is 19.5. The predicted molar refractivity (Wildman–Crippen MR) is 89.4 cm³/mol. The van der Waals surface area contributed by atoms with Crippen LogP contribution in [0.4, 0.5) is 19.4 Å². The van der Waals surface area contributed by atoms with Gasteiger partial charge in [-0.15, -0.1) is 5.10 Å². The third kappa shape index (κ3) is 4.26. The van der Waals surface area contributed by atoms with Gasteiger partial charge in [0, 0.05) is 11.1 Å². The molecule has 0 saturated carbocycles. The molecule has 0 atom stereocenters. The molecule has 0 radical (unpaired) electrons. The van der Waals surface area contributed by atoms with Crippen molar-refractivity contribution in [3.63, 3.8) is 0 Å². The van der Waals surface area contributed by atoms with E-state index >= 15 is 0 Å². The maximum atomic E-state index is 12.8. The second-order valence-corrected chi connectivity index (χ2v) is 8.20. The third-order valence-corrected chi connectivity index (χ3v) is 4.90. The van der Waals surface area contributed by atoms with E-state index in [1.807, 2.05) is 0 Å². The molecule has 0 bridgehead atoms. The van der Waals surface area contributed by atoms with E-state index in [9.17, 15) is 24.2 Å². The zero-order valence-corrected chi connectivity index (χ0v) is 14.6. The highest BCUT2D eigenvalue weighted by atomic mass is 32.5. The van der Waals surface area contributed by atoms with Crippen molar-refractivity contribution in [3.8, 4) is 11.4 Å². The average Bonchev–Trinajstić information content (AvgIpc) is 3.08. The molecule has 2 N–H and O–H groups in total. The van der Waals surface area contributed by atoms with E-state index in [0.29, 0.717) is 5.56 Å². The smallest absolute Gasteiger partial charge is 0.288 e. The maximum absolute atomic E-state index is 12.8. The van der Waals surface area contributed by atoms with Crippen LogP contribution >= 0.6 is 10.2 Å². The SMILES string of the molecule is O=C(NO)c1ccc(Cn2nnnc2-c2ccc(S(F)(F)(F)(F)F)cc2)cc1. The van der Waals surface area contributed by atoms with Gasteiger partial charge in [-0.3, -0.25) is 10.0 Å². The van der Waals surface area contributed by atoms with Gasteiger partial charge in [0.25, 0.3) is 5.91 Å². The molecule has 0 saturated heterocycles. The number of amides is 1. The van der Waals surface area contributed by atoms with Crippen molar-refractivity contribution in [2.24, 2.45) is 0 Å². The highest BCUT2D eigenvalue weighted by Gasteiger charge is 2.65. The van der Waals surface area contributed by atoms with E-state index in [1.165, 1.54) is 22.3 Å². The third-order valence-electron chi connectivity index (χ3n) is 3.74. The molecule has 3 aromatic rings. The molecule has 28 heavy (non-hydrogen) atoms. The van der Waals surface area contributed by atoms with Crippen molar-refractivity contribution >= 4 is 16.1 Å². The lowest BCUT2D eigenvalue weighted by Crippen LogP contribution is -2.18. The minimum atomic E-state index is -9.75. The fourth-order valence-electron chi connectivity index (χ4n) is 2.38. The maximum Gasteiger partial charge on any atom is 0.310 e. The van der Waals surface area contributed by atoms with Crippen LogP contribution in [-0.2, 0) is 6.54 Å². The van der Waals surface area contributed by atoms with E-state index < -0.39 is 21.0 Å². The van der Waals surface area contributed by atoms with Gasteiger partial charge in [0.05, 0.1) is 6.54 Å². The summed E-state index contributed by atoms with van der Waals surface area (Å²) in [4.78, 5) is 9.30. The van der Waals surface area contributed by atoms with Gasteiger partial charge in [-0.1, -0.05) is 31.6 Å². The molecule has 0 aliphatic carbocycles. The quantitative estimate of drug-likeness (QED) is 0.367. The summed E-state index contributed by atoms with van der Waals surface area (Å²) >= 11 is 0. The van der Waals surface area contributed by atoms with Crippen molar-refractivity contribution in [3.05, 3.63) is 59.7 Å². The van der Waals surface area contributed by atoms with E-state index in [0.717, 1.165) is 12.1 Å². The van der Waals surface area contributed by atoms with Gasteiger partial charge in [-0.25, -0.2) is 10.2 Å². The van der Waals surface area contributed by atoms with Crippen molar-refractivity contribution in [2.45, 2.75) is 11.4 Å². The van der Waals surface area contributed by atoms with Gasteiger partial charge >= 0.3 is 10.2 Å². The van der Waals surface area contributed by atoms with Crippen molar-refractivity contribution in [1.82, 2.24) is 25.7 Å². The monoisotopic (exact) mass is 421 g/mol. The largest absolute Gasteiger partial charge is 0.310 e. The Morgan fingerprint density at radius 2 is 1.61 bits per heavy atom. The molecule has 1 aromatic heterocycles. The van der Waals surface area contributed by atoms with Gasteiger partial charge in [0.1, 0.15) is 4.90 Å². The summed E-state index contributed by atoms with van der Waals surface area (Å²) in [6, 6.07) is 8.31. The minimum Gasteiger partial charge on any atom is -0.288 e. The summed E-state index contributed by atoms with van der Waals surface area (Å²) in [7, 11) is -9.75. The first-order valence-corrected chi connectivity index (χ1v) is 9.46. The molecule has 3 rings (SSSR count). The van der Waals surface area contributed by atoms with Crippen LogP contribution in [0.25, 0.3) is 11.4 Å². The summed E-state index contributed by atoms with van der Waals surface area (Å²) in [5.41, 5.74) is 2.46. The van der Waals surface area contributed by atoms with Crippen LogP contribution in [0.5, 0.6) is 0 Å². The Hall–Kier alpha value is -3.06. The zero-order valence-electron chi connectivity index (χ0n) is 13.8. The van der Waals surface area contributed by atoms with Crippen LogP contribution in [0.1, 0.15) is 15.9 Å². The predicted octanol–water partition coefficient (Wildman–Crippen LogP) is 4.16. The fourth-order valence-corrected chi connectivity index (χ4v) is 3.03. The average molecular weight is 421 g/mol. The van der Waals surface area contributed by atoms with Crippen LogP contribution < -0.4 is 5.48 Å². The van der Waals surface area contributed by atoms with Crippen LogP contribution in [-0.4, -0.2) is 31.3 Å². The molecule has 0 spiro atoms. The first kappa shape index (κ1) is 19.7. The Morgan fingerprint density at radius 1 is 1.00 bits per heavy atom. The molecule has 1 heterocycles. The second kappa shape index (κ2) is 5.97. The Labute approximate surface area is 154 Å². The van der Waals surface area contributed by atoms with Crippen molar-refractivity contribution < 1.29 is 29.4 Å². The molecule has 0 aliphatic heterocycles. The number of rotatable bonds is 5. The lowest BCUT2D eigenvalue weighted by atomic mass is 10.1. The molecular formula is C15H12F5N5O2S. The standard InChI is InChI=1S/C15H12F5N5O2S/c16-28(17,18,19,20)13-7-5-11(6-8-13)14-21-23-24-25(14)9-10-1-3-12(4-2-10)15(26)22-27/h1-8,27H,9H2,(H,22,26). The number of benzene rings is 2. The first-order valence-electron chi connectivity index (χ1n) is 7.51. The van der Waals surface area contributed by atoms with Gasteiger partial charge < -0.3 is 0 Å². The van der Waals surface area contributed by atoms with E-state index in [2.05, 4.69) is 15.5 Å². The number of carbonyl (C=O) groups is 1. The van der Waals surface area contributed by atoms with Crippen LogP contribution in [0.15, 0.2) is 53.4 Å². The minimum absolute atomic E-state index is 0.0749. The van der Waals surface area contributed by atoms with Crippen LogP contribution in [0.3, 0.4) is 0 Å². The number of hydrogen-bond donors (Lipinski definition) is 2. The van der Waals surface area contributed by atoms with Gasteiger partial charge in [-0.2, -0.15) is 0 Å². The Morgan fingerprint density at radius 3 is 2.14 bits per heavy atom. The lowest BCUT2D eigenvalue weighted by Gasteiger charge is -2.40. The Kier molecular flexibility index (Phi) is 4.20. The highest BCUT2D eigenvalue weighted by Crippen LogP contribution is 3.02. The Balaban J connectivity index is 1.86. The molecule has 0 unspecified atom stereocenters. The topological polar surface area (TPSA) is 92.9 Å². The summed E-state index contributed by atoms with van der Waals surface area (Å²) in [6.07, 6.45) is 0. The molecule has 1 amide bonds. The number of aromatic nitrogens is 4. The number of nitrogens with one attached hydrogen (secondary N) is 1. The second-order valence-electron chi connectivity index (χ2n) is 5.79. The normalized spacial score (nSPS) is 14.2. The number of hydroxylamine groups is 1. The Bertz CT molecular complexity index is 1020. The molecule has 0 fully saturated rings. The molecule has 7 nitrogen and oxygen atoms in total. The van der Waals surface area contributed by atoms with Gasteiger partial charge in [0.2, 0.25) is 0 Å². The number of hydrogen-bond acceptors (Lipinski definition) is 5. The molecule has 13 heteroatoms. The first-order chi connectivity index (χ1) is 12.9.